The Kier molecular flexibility index (Phi) is 4.53. The van der Waals surface area contributed by atoms with Crippen LogP contribution in [0.2, 0.25) is 0 Å². The summed E-state index contributed by atoms with van der Waals surface area (Å²) in [6, 6.07) is 10.8. The van der Waals surface area contributed by atoms with Crippen LogP contribution in [0.4, 0.5) is 5.69 Å². The summed E-state index contributed by atoms with van der Waals surface area (Å²) in [5.41, 5.74) is 0.920. The van der Waals surface area contributed by atoms with Gasteiger partial charge in [0.2, 0.25) is 0 Å². The van der Waals surface area contributed by atoms with Gasteiger partial charge in [0.15, 0.2) is 0 Å². The molecule has 0 amide bonds. The van der Waals surface area contributed by atoms with Gasteiger partial charge in [-0.1, -0.05) is 18.2 Å². The topological polar surface area (TPSA) is 68.3 Å². The number of furan rings is 1. The third kappa shape index (κ3) is 3.45. The first-order chi connectivity index (χ1) is 9.58. The first-order valence-corrected chi connectivity index (χ1v) is 6.60. The number of rotatable bonds is 6. The third-order valence-corrected chi connectivity index (χ3v) is 3.22. The largest absolute Gasteiger partial charge is 0.465 e. The maximum Gasteiger partial charge on any atom is 0.272 e. The summed E-state index contributed by atoms with van der Waals surface area (Å²) < 4.78 is 5.54. The van der Waals surface area contributed by atoms with E-state index in [1.54, 1.807) is 12.1 Å². The lowest BCUT2D eigenvalue weighted by atomic mass is 10.1. The molecule has 0 aliphatic carbocycles. The number of hydrogen-bond donors (Lipinski definition) is 1. The van der Waals surface area contributed by atoms with Gasteiger partial charge in [0.05, 0.1) is 11.0 Å². The predicted molar refractivity (Wildman–Crippen MR) is 76.7 cm³/mol. The fourth-order valence-electron chi connectivity index (χ4n) is 2.11. The highest BCUT2D eigenvalue weighted by atomic mass is 16.6. The van der Waals surface area contributed by atoms with Crippen molar-refractivity contribution in [3.05, 3.63) is 63.6 Å². The Balaban J connectivity index is 1.92. The van der Waals surface area contributed by atoms with Crippen LogP contribution in [0.3, 0.4) is 0 Å². The molecule has 5 heteroatoms. The minimum Gasteiger partial charge on any atom is -0.465 e. The molecule has 0 spiro atoms. The summed E-state index contributed by atoms with van der Waals surface area (Å²) in [6.07, 6.45) is 0.612. The molecule has 0 saturated carbocycles. The summed E-state index contributed by atoms with van der Waals surface area (Å²) in [6.45, 7) is 4.58. The molecule has 0 bridgehead atoms. The summed E-state index contributed by atoms with van der Waals surface area (Å²) in [4.78, 5) is 10.6. The van der Waals surface area contributed by atoms with E-state index in [2.05, 4.69) is 5.32 Å². The number of nitro groups is 1. The second kappa shape index (κ2) is 6.34. The molecule has 0 aliphatic heterocycles. The van der Waals surface area contributed by atoms with E-state index >= 15 is 0 Å². The summed E-state index contributed by atoms with van der Waals surface area (Å²) in [5.74, 6) is 1.76. The summed E-state index contributed by atoms with van der Waals surface area (Å²) >= 11 is 0. The number of nitrogens with zero attached hydrogens (tertiary/aromatic N) is 1. The van der Waals surface area contributed by atoms with E-state index in [9.17, 15) is 10.1 Å². The molecular formula is C15H18N2O3. The average molecular weight is 274 g/mol. The van der Waals surface area contributed by atoms with Crippen LogP contribution in [0.25, 0.3) is 0 Å². The lowest BCUT2D eigenvalue weighted by Crippen LogP contribution is -2.21. The molecule has 5 nitrogen and oxygen atoms in total. The zero-order valence-corrected chi connectivity index (χ0v) is 11.6. The van der Waals surface area contributed by atoms with Crippen molar-refractivity contribution in [2.45, 2.75) is 26.3 Å². The Morgan fingerprint density at radius 3 is 2.70 bits per heavy atom. The molecule has 0 radical (unpaired) electrons. The van der Waals surface area contributed by atoms with Crippen LogP contribution in [0.5, 0.6) is 0 Å². The van der Waals surface area contributed by atoms with Crippen molar-refractivity contribution in [3.8, 4) is 0 Å². The normalized spacial score (nSPS) is 12.3. The molecule has 0 aliphatic rings. The van der Waals surface area contributed by atoms with Crippen molar-refractivity contribution in [2.24, 2.45) is 0 Å². The van der Waals surface area contributed by atoms with Gasteiger partial charge in [-0.05, 0) is 32.4 Å². The first-order valence-electron chi connectivity index (χ1n) is 6.60. The van der Waals surface area contributed by atoms with Crippen LogP contribution in [0, 0.1) is 17.0 Å². The number of hydrogen-bond acceptors (Lipinski definition) is 4. The van der Waals surface area contributed by atoms with Gasteiger partial charge in [-0.15, -0.1) is 0 Å². The second-order valence-electron chi connectivity index (χ2n) is 4.76. The molecule has 106 valence electrons. The monoisotopic (exact) mass is 274 g/mol. The van der Waals surface area contributed by atoms with E-state index in [4.69, 9.17) is 4.42 Å². The van der Waals surface area contributed by atoms with Crippen molar-refractivity contribution >= 4 is 5.69 Å². The molecule has 1 N–H and O–H groups in total. The van der Waals surface area contributed by atoms with E-state index < -0.39 is 0 Å². The molecule has 1 heterocycles. The molecule has 1 aromatic heterocycles. The van der Waals surface area contributed by atoms with Crippen molar-refractivity contribution in [3.63, 3.8) is 0 Å². The van der Waals surface area contributed by atoms with Gasteiger partial charge >= 0.3 is 0 Å². The van der Waals surface area contributed by atoms with E-state index in [-0.39, 0.29) is 16.7 Å². The smallest absolute Gasteiger partial charge is 0.272 e. The summed E-state index contributed by atoms with van der Waals surface area (Å²) in [7, 11) is 0. The number of nitro benzene ring substituents is 1. The molecule has 20 heavy (non-hydrogen) atoms. The lowest BCUT2D eigenvalue weighted by Gasteiger charge is -2.11. The number of para-hydroxylation sites is 1. The zero-order chi connectivity index (χ0) is 14.5. The molecule has 2 rings (SSSR count). The third-order valence-electron chi connectivity index (χ3n) is 3.22. The van der Waals surface area contributed by atoms with Gasteiger partial charge in [0.25, 0.3) is 5.69 Å². The molecule has 1 aromatic carbocycles. The Morgan fingerprint density at radius 1 is 1.30 bits per heavy atom. The summed E-state index contributed by atoms with van der Waals surface area (Å²) in [5, 5.41) is 14.2. The van der Waals surface area contributed by atoms with Crippen molar-refractivity contribution in [1.29, 1.82) is 0 Å². The average Bonchev–Trinajstić information content (AvgIpc) is 2.86. The van der Waals surface area contributed by atoms with E-state index in [1.165, 1.54) is 6.07 Å². The van der Waals surface area contributed by atoms with Crippen LogP contribution in [-0.2, 0) is 6.42 Å². The Labute approximate surface area is 117 Å². The Bertz CT molecular complexity index is 592. The number of nitrogens with one attached hydrogen (secondary N) is 1. The maximum absolute atomic E-state index is 10.9. The number of benzene rings is 1. The molecule has 0 fully saturated rings. The second-order valence-corrected chi connectivity index (χ2v) is 4.76. The molecular weight excluding hydrogens is 256 g/mol. The van der Waals surface area contributed by atoms with E-state index in [0.29, 0.717) is 13.0 Å². The van der Waals surface area contributed by atoms with Gasteiger partial charge in [-0.2, -0.15) is 0 Å². The highest BCUT2D eigenvalue weighted by Gasteiger charge is 2.13. The van der Waals surface area contributed by atoms with Gasteiger partial charge in [-0.3, -0.25) is 10.1 Å². The molecule has 2 aromatic rings. The van der Waals surface area contributed by atoms with Crippen molar-refractivity contribution in [1.82, 2.24) is 5.32 Å². The van der Waals surface area contributed by atoms with Gasteiger partial charge in [0, 0.05) is 18.2 Å². The predicted octanol–water partition coefficient (Wildman–Crippen LogP) is 3.39. The van der Waals surface area contributed by atoms with Crippen molar-refractivity contribution < 1.29 is 9.34 Å². The highest BCUT2D eigenvalue weighted by molar-refractivity contribution is 5.39. The zero-order valence-electron chi connectivity index (χ0n) is 11.6. The van der Waals surface area contributed by atoms with Crippen LogP contribution in [-0.4, -0.2) is 11.5 Å². The van der Waals surface area contributed by atoms with Crippen molar-refractivity contribution in [2.75, 3.05) is 6.54 Å². The van der Waals surface area contributed by atoms with E-state index in [0.717, 1.165) is 17.1 Å². The fraction of sp³-hybridized carbons (Fsp3) is 0.333. The van der Waals surface area contributed by atoms with Crippen LogP contribution >= 0.6 is 0 Å². The van der Waals surface area contributed by atoms with E-state index in [1.807, 2.05) is 32.0 Å². The number of aryl methyl sites for hydroxylation is 1. The minimum atomic E-state index is -0.339. The SMILES string of the molecule is Cc1ccc(C(C)NCCc2ccccc2[N+](=O)[O-])o1. The first kappa shape index (κ1) is 14.3. The van der Waals surface area contributed by atoms with Gasteiger partial charge in [-0.25, -0.2) is 0 Å². The van der Waals surface area contributed by atoms with Crippen LogP contribution in [0.15, 0.2) is 40.8 Å². The minimum absolute atomic E-state index is 0.0893. The highest BCUT2D eigenvalue weighted by Crippen LogP contribution is 2.19. The fourth-order valence-corrected chi connectivity index (χ4v) is 2.11. The van der Waals surface area contributed by atoms with Gasteiger partial charge < -0.3 is 9.73 Å². The Morgan fingerprint density at radius 2 is 2.05 bits per heavy atom. The molecule has 0 saturated heterocycles. The molecule has 1 unspecified atom stereocenters. The lowest BCUT2D eigenvalue weighted by molar-refractivity contribution is -0.385. The van der Waals surface area contributed by atoms with Crippen LogP contribution in [0.1, 0.15) is 30.0 Å². The Hall–Kier alpha value is -2.14. The molecule has 1 atom stereocenters. The quantitative estimate of drug-likeness (QED) is 0.647. The van der Waals surface area contributed by atoms with Crippen LogP contribution < -0.4 is 5.32 Å². The standard InChI is InChI=1S/C15H18N2O3/c1-11-7-8-15(20-11)12(2)16-10-9-13-5-3-4-6-14(13)17(18)19/h3-8,12,16H,9-10H2,1-2H3. The maximum atomic E-state index is 10.9. The van der Waals surface area contributed by atoms with Gasteiger partial charge in [0.1, 0.15) is 11.5 Å².